The summed E-state index contributed by atoms with van der Waals surface area (Å²) in [6.07, 6.45) is 4.77. The van der Waals surface area contributed by atoms with Crippen LogP contribution in [0.2, 0.25) is 0 Å². The fraction of sp³-hybridized carbons (Fsp3) is 0.333. The zero-order valence-electron chi connectivity index (χ0n) is 15.8. The van der Waals surface area contributed by atoms with Gasteiger partial charge in [0.1, 0.15) is 11.3 Å². The fourth-order valence-electron chi connectivity index (χ4n) is 3.84. The molecule has 4 rings (SSSR count). The summed E-state index contributed by atoms with van der Waals surface area (Å²) in [6.45, 7) is 0. The van der Waals surface area contributed by atoms with Gasteiger partial charge >= 0.3 is 0 Å². The smallest absolute Gasteiger partial charge is 0.252 e. The highest BCUT2D eigenvalue weighted by Gasteiger charge is 2.40. The van der Waals surface area contributed by atoms with Crippen molar-refractivity contribution < 1.29 is 9.53 Å². The monoisotopic (exact) mass is 377 g/mol. The minimum absolute atomic E-state index is 0.109. The second kappa shape index (κ2) is 7.80. The number of aromatic nitrogens is 4. The minimum Gasteiger partial charge on any atom is -0.497 e. The molecule has 1 aromatic heterocycles. The van der Waals surface area contributed by atoms with Gasteiger partial charge in [0.05, 0.1) is 12.8 Å². The molecule has 28 heavy (non-hydrogen) atoms. The SMILES string of the molecule is COc1cccc(-n2nnnc2C2(NC(=O)c3ccccc3)CCCCC2)c1. The molecule has 1 N–H and O–H groups in total. The Morgan fingerprint density at radius 2 is 1.86 bits per heavy atom. The Hall–Kier alpha value is -3.22. The number of methoxy groups -OCH3 is 1. The van der Waals surface area contributed by atoms with Gasteiger partial charge in [0, 0.05) is 11.6 Å². The Kier molecular flexibility index (Phi) is 5.06. The fourth-order valence-corrected chi connectivity index (χ4v) is 3.84. The van der Waals surface area contributed by atoms with Crippen LogP contribution in [0.15, 0.2) is 54.6 Å². The van der Waals surface area contributed by atoms with Crippen LogP contribution in [0, 0.1) is 0 Å². The van der Waals surface area contributed by atoms with Crippen LogP contribution in [0.4, 0.5) is 0 Å². The van der Waals surface area contributed by atoms with E-state index in [0.717, 1.165) is 43.5 Å². The standard InChI is InChI=1S/C21H23N5O2/c1-28-18-12-8-11-17(15-18)26-20(23-24-25-26)21(13-6-3-7-14-21)22-19(27)16-9-4-2-5-10-16/h2,4-5,8-12,15H,3,6-7,13-14H2,1H3,(H,22,27). The first-order valence-corrected chi connectivity index (χ1v) is 9.53. The second-order valence-corrected chi connectivity index (χ2v) is 7.08. The first kappa shape index (κ1) is 18.2. The van der Waals surface area contributed by atoms with Crippen LogP contribution >= 0.6 is 0 Å². The first-order chi connectivity index (χ1) is 13.7. The molecule has 7 nitrogen and oxygen atoms in total. The summed E-state index contributed by atoms with van der Waals surface area (Å²) in [6, 6.07) is 16.8. The van der Waals surface area contributed by atoms with E-state index >= 15 is 0 Å². The normalized spacial score (nSPS) is 15.8. The molecule has 1 fully saturated rings. The van der Waals surface area contributed by atoms with Crippen LogP contribution in [0.1, 0.15) is 48.3 Å². The summed E-state index contributed by atoms with van der Waals surface area (Å²) < 4.78 is 7.04. The van der Waals surface area contributed by atoms with Gasteiger partial charge in [-0.2, -0.15) is 4.68 Å². The quantitative estimate of drug-likeness (QED) is 0.738. The van der Waals surface area contributed by atoms with E-state index in [4.69, 9.17) is 4.74 Å². The van der Waals surface area contributed by atoms with Crippen molar-refractivity contribution >= 4 is 5.91 Å². The largest absolute Gasteiger partial charge is 0.497 e. The Balaban J connectivity index is 1.73. The first-order valence-electron chi connectivity index (χ1n) is 9.53. The summed E-state index contributed by atoms with van der Waals surface area (Å²) in [4.78, 5) is 13.0. The molecule has 7 heteroatoms. The van der Waals surface area contributed by atoms with E-state index in [2.05, 4.69) is 20.8 Å². The van der Waals surface area contributed by atoms with Gasteiger partial charge in [0.25, 0.3) is 5.91 Å². The third-order valence-electron chi connectivity index (χ3n) is 5.29. The van der Waals surface area contributed by atoms with Crippen molar-refractivity contribution in [3.63, 3.8) is 0 Å². The molecule has 0 bridgehead atoms. The van der Waals surface area contributed by atoms with Crippen LogP contribution in [0.3, 0.4) is 0 Å². The van der Waals surface area contributed by atoms with E-state index in [0.29, 0.717) is 11.4 Å². The number of ether oxygens (including phenoxy) is 1. The van der Waals surface area contributed by atoms with E-state index in [9.17, 15) is 4.79 Å². The Morgan fingerprint density at radius 3 is 2.61 bits per heavy atom. The maximum atomic E-state index is 13.0. The van der Waals surface area contributed by atoms with Crippen molar-refractivity contribution in [2.75, 3.05) is 7.11 Å². The van der Waals surface area contributed by atoms with Gasteiger partial charge in [-0.1, -0.05) is 43.5 Å². The highest BCUT2D eigenvalue weighted by Crippen LogP contribution is 2.37. The molecule has 1 amide bonds. The lowest BCUT2D eigenvalue weighted by atomic mass is 9.80. The van der Waals surface area contributed by atoms with E-state index in [1.54, 1.807) is 11.8 Å². The summed E-state index contributed by atoms with van der Waals surface area (Å²) in [5.74, 6) is 1.28. The molecule has 1 aliphatic carbocycles. The zero-order chi connectivity index (χ0) is 19.4. The molecule has 0 spiro atoms. The van der Waals surface area contributed by atoms with Crippen LogP contribution in [0.25, 0.3) is 5.69 Å². The van der Waals surface area contributed by atoms with Crippen LogP contribution in [-0.4, -0.2) is 33.2 Å². The molecule has 1 heterocycles. The highest BCUT2D eigenvalue weighted by molar-refractivity contribution is 5.94. The van der Waals surface area contributed by atoms with E-state index in [1.807, 2.05) is 54.6 Å². The van der Waals surface area contributed by atoms with Crippen LogP contribution in [-0.2, 0) is 5.54 Å². The predicted molar refractivity (Wildman–Crippen MR) is 104 cm³/mol. The molecule has 0 aliphatic heterocycles. The number of carbonyl (C=O) groups is 1. The molecule has 144 valence electrons. The predicted octanol–water partition coefficient (Wildman–Crippen LogP) is 3.26. The molecular weight excluding hydrogens is 354 g/mol. The molecule has 0 saturated heterocycles. The van der Waals surface area contributed by atoms with Gasteiger partial charge in [0.2, 0.25) is 0 Å². The zero-order valence-corrected chi connectivity index (χ0v) is 15.8. The lowest BCUT2D eigenvalue weighted by Gasteiger charge is -2.36. The summed E-state index contributed by atoms with van der Waals surface area (Å²) in [7, 11) is 1.63. The Labute approximate surface area is 163 Å². The lowest BCUT2D eigenvalue weighted by Crippen LogP contribution is -2.49. The highest BCUT2D eigenvalue weighted by atomic mass is 16.5. The van der Waals surface area contributed by atoms with Crippen molar-refractivity contribution in [3.05, 3.63) is 66.0 Å². The second-order valence-electron chi connectivity index (χ2n) is 7.08. The van der Waals surface area contributed by atoms with E-state index in [1.165, 1.54) is 0 Å². The topological polar surface area (TPSA) is 81.9 Å². The van der Waals surface area contributed by atoms with Gasteiger partial charge in [0.15, 0.2) is 5.82 Å². The molecule has 0 unspecified atom stereocenters. The molecule has 1 aliphatic rings. The van der Waals surface area contributed by atoms with Crippen molar-refractivity contribution in [1.82, 2.24) is 25.5 Å². The third-order valence-corrected chi connectivity index (χ3v) is 5.29. The number of rotatable bonds is 5. The minimum atomic E-state index is -0.599. The number of nitrogens with one attached hydrogen (secondary N) is 1. The lowest BCUT2D eigenvalue weighted by molar-refractivity contribution is 0.0855. The number of hydrogen-bond acceptors (Lipinski definition) is 5. The van der Waals surface area contributed by atoms with Crippen LogP contribution < -0.4 is 10.1 Å². The molecule has 2 aromatic carbocycles. The number of carbonyl (C=O) groups excluding carboxylic acids is 1. The van der Waals surface area contributed by atoms with Crippen molar-refractivity contribution in [3.8, 4) is 11.4 Å². The maximum Gasteiger partial charge on any atom is 0.252 e. The number of amides is 1. The average Bonchev–Trinajstić information content (AvgIpc) is 3.26. The third kappa shape index (κ3) is 3.47. The van der Waals surface area contributed by atoms with Gasteiger partial charge in [-0.25, -0.2) is 0 Å². The van der Waals surface area contributed by atoms with Gasteiger partial charge in [-0.05, 0) is 47.5 Å². The summed E-state index contributed by atoms with van der Waals surface area (Å²) in [5.41, 5.74) is 0.837. The molecule has 0 atom stereocenters. The molecule has 0 radical (unpaired) electrons. The van der Waals surface area contributed by atoms with Gasteiger partial charge in [-0.15, -0.1) is 5.10 Å². The summed E-state index contributed by atoms with van der Waals surface area (Å²) >= 11 is 0. The van der Waals surface area contributed by atoms with Crippen molar-refractivity contribution in [1.29, 1.82) is 0 Å². The van der Waals surface area contributed by atoms with Crippen molar-refractivity contribution in [2.45, 2.75) is 37.6 Å². The van der Waals surface area contributed by atoms with E-state index < -0.39 is 5.54 Å². The Morgan fingerprint density at radius 1 is 1.07 bits per heavy atom. The van der Waals surface area contributed by atoms with Crippen molar-refractivity contribution in [2.24, 2.45) is 0 Å². The maximum absolute atomic E-state index is 13.0. The summed E-state index contributed by atoms with van der Waals surface area (Å²) in [5, 5.41) is 15.7. The average molecular weight is 377 g/mol. The number of benzene rings is 2. The number of hydrogen-bond donors (Lipinski definition) is 1. The number of nitrogens with zero attached hydrogens (tertiary/aromatic N) is 4. The van der Waals surface area contributed by atoms with Gasteiger partial charge < -0.3 is 10.1 Å². The van der Waals surface area contributed by atoms with Crippen LogP contribution in [0.5, 0.6) is 5.75 Å². The van der Waals surface area contributed by atoms with Gasteiger partial charge in [-0.3, -0.25) is 4.79 Å². The number of tetrazole rings is 1. The molecule has 1 saturated carbocycles. The van der Waals surface area contributed by atoms with E-state index in [-0.39, 0.29) is 5.91 Å². The molecule has 3 aromatic rings. The molecular formula is C21H23N5O2. The Bertz CT molecular complexity index is 948.